The molecular formula is C12H9Cl2NOS. The molecule has 0 amide bonds. The van der Waals surface area contributed by atoms with Crippen LogP contribution < -0.4 is 0 Å². The van der Waals surface area contributed by atoms with E-state index >= 15 is 0 Å². The molecule has 1 N–H and O–H groups in total. The Labute approximate surface area is 114 Å². The van der Waals surface area contributed by atoms with Crippen LogP contribution in [0.1, 0.15) is 5.56 Å². The van der Waals surface area contributed by atoms with Crippen molar-refractivity contribution in [3.63, 3.8) is 0 Å². The summed E-state index contributed by atoms with van der Waals surface area (Å²) in [7, 11) is 0. The Bertz CT molecular complexity index is 516. The number of pyridine rings is 1. The highest BCUT2D eigenvalue weighted by molar-refractivity contribution is 7.98. The molecule has 0 aliphatic heterocycles. The maximum absolute atomic E-state index is 9.16. The van der Waals surface area contributed by atoms with Crippen LogP contribution in [0.2, 0.25) is 10.2 Å². The molecule has 0 saturated heterocycles. The molecule has 2 rings (SSSR count). The van der Waals surface area contributed by atoms with E-state index in [1.807, 2.05) is 12.1 Å². The van der Waals surface area contributed by atoms with Crippen molar-refractivity contribution in [2.75, 3.05) is 0 Å². The van der Waals surface area contributed by atoms with Crippen LogP contribution in [0.15, 0.2) is 41.4 Å². The molecular weight excluding hydrogens is 277 g/mol. The minimum absolute atomic E-state index is 0.264. The minimum atomic E-state index is 0.264. The van der Waals surface area contributed by atoms with Crippen molar-refractivity contribution in [2.45, 2.75) is 10.6 Å². The lowest BCUT2D eigenvalue weighted by Gasteiger charge is -2.04. The second-order valence-corrected chi connectivity index (χ2v) is 5.22. The Morgan fingerprint density at radius 2 is 1.88 bits per heavy atom. The van der Waals surface area contributed by atoms with Crippen molar-refractivity contribution in [1.29, 1.82) is 0 Å². The molecule has 0 aliphatic carbocycles. The molecule has 0 saturated carbocycles. The van der Waals surface area contributed by atoms with Crippen molar-refractivity contribution in [3.8, 4) is 5.75 Å². The standard InChI is InChI=1S/C12H9Cl2NOS/c13-11-5-12(14)15-6-8(11)7-17-10-3-1-9(16)2-4-10/h1-6,16H,7H2. The van der Waals surface area contributed by atoms with Gasteiger partial charge in [0.25, 0.3) is 0 Å². The highest BCUT2D eigenvalue weighted by Crippen LogP contribution is 2.28. The van der Waals surface area contributed by atoms with Gasteiger partial charge in [-0.05, 0) is 35.9 Å². The number of thioether (sulfide) groups is 1. The van der Waals surface area contributed by atoms with Gasteiger partial charge < -0.3 is 5.11 Å². The van der Waals surface area contributed by atoms with Crippen LogP contribution in [0.5, 0.6) is 5.75 Å². The first-order chi connectivity index (χ1) is 8.15. The number of benzene rings is 1. The SMILES string of the molecule is Oc1ccc(SCc2cnc(Cl)cc2Cl)cc1. The molecule has 0 aliphatic rings. The summed E-state index contributed by atoms with van der Waals surface area (Å²) in [5.41, 5.74) is 0.939. The lowest BCUT2D eigenvalue weighted by molar-refractivity contribution is 0.475. The maximum Gasteiger partial charge on any atom is 0.130 e. The number of rotatable bonds is 3. The van der Waals surface area contributed by atoms with Crippen LogP contribution in [0.3, 0.4) is 0 Å². The van der Waals surface area contributed by atoms with E-state index in [-0.39, 0.29) is 5.75 Å². The summed E-state index contributed by atoms with van der Waals surface area (Å²) < 4.78 is 0. The fourth-order valence-electron chi connectivity index (χ4n) is 1.25. The molecule has 1 aromatic heterocycles. The number of nitrogens with zero attached hydrogens (tertiary/aromatic N) is 1. The van der Waals surface area contributed by atoms with Crippen molar-refractivity contribution in [2.24, 2.45) is 0 Å². The predicted molar refractivity (Wildman–Crippen MR) is 71.9 cm³/mol. The molecule has 0 unspecified atom stereocenters. The summed E-state index contributed by atoms with van der Waals surface area (Å²) in [6, 6.07) is 8.67. The Morgan fingerprint density at radius 3 is 2.53 bits per heavy atom. The van der Waals surface area contributed by atoms with Gasteiger partial charge in [0.2, 0.25) is 0 Å². The monoisotopic (exact) mass is 285 g/mol. The van der Waals surface area contributed by atoms with Gasteiger partial charge in [-0.3, -0.25) is 0 Å². The summed E-state index contributed by atoms with van der Waals surface area (Å²) in [5, 5.41) is 10.2. The van der Waals surface area contributed by atoms with E-state index in [0.29, 0.717) is 15.9 Å². The smallest absolute Gasteiger partial charge is 0.130 e. The molecule has 2 nitrogen and oxygen atoms in total. The van der Waals surface area contributed by atoms with Crippen molar-refractivity contribution < 1.29 is 5.11 Å². The van der Waals surface area contributed by atoms with Gasteiger partial charge >= 0.3 is 0 Å². The summed E-state index contributed by atoms with van der Waals surface area (Å²) in [6.45, 7) is 0. The molecule has 5 heteroatoms. The minimum Gasteiger partial charge on any atom is -0.508 e. The van der Waals surface area contributed by atoms with Crippen LogP contribution in [-0.2, 0) is 5.75 Å². The number of hydrogen-bond acceptors (Lipinski definition) is 3. The summed E-state index contributed by atoms with van der Waals surface area (Å²) in [4.78, 5) is 5.06. The Hall–Kier alpha value is -0.900. The number of aromatic hydroxyl groups is 1. The molecule has 0 bridgehead atoms. The number of aromatic nitrogens is 1. The van der Waals surface area contributed by atoms with Crippen molar-refractivity contribution >= 4 is 35.0 Å². The molecule has 88 valence electrons. The van der Waals surface area contributed by atoms with Crippen molar-refractivity contribution in [1.82, 2.24) is 4.98 Å². The highest BCUT2D eigenvalue weighted by Gasteiger charge is 2.03. The molecule has 0 fully saturated rings. The molecule has 0 spiro atoms. The third-order valence-corrected chi connectivity index (χ3v) is 3.75. The van der Waals surface area contributed by atoms with E-state index in [1.54, 1.807) is 36.2 Å². The van der Waals surface area contributed by atoms with Gasteiger partial charge in [-0.2, -0.15) is 0 Å². The van der Waals surface area contributed by atoms with Gasteiger partial charge in [-0.15, -0.1) is 11.8 Å². The van der Waals surface area contributed by atoms with Gasteiger partial charge in [-0.25, -0.2) is 4.98 Å². The lowest BCUT2D eigenvalue weighted by Crippen LogP contribution is -1.85. The van der Waals surface area contributed by atoms with E-state index in [1.165, 1.54) is 0 Å². The van der Waals surface area contributed by atoms with Crippen LogP contribution in [0, 0.1) is 0 Å². The van der Waals surface area contributed by atoms with Crippen LogP contribution in [0.25, 0.3) is 0 Å². The zero-order chi connectivity index (χ0) is 12.3. The summed E-state index contributed by atoms with van der Waals surface area (Å²) >= 11 is 13.4. The van der Waals surface area contributed by atoms with E-state index in [4.69, 9.17) is 28.3 Å². The Morgan fingerprint density at radius 1 is 1.18 bits per heavy atom. The van der Waals surface area contributed by atoms with Crippen LogP contribution >= 0.6 is 35.0 Å². The zero-order valence-corrected chi connectivity index (χ0v) is 11.1. The molecule has 1 aromatic carbocycles. The topological polar surface area (TPSA) is 33.1 Å². The quantitative estimate of drug-likeness (QED) is 0.671. The zero-order valence-electron chi connectivity index (χ0n) is 8.73. The van der Waals surface area contributed by atoms with E-state index in [9.17, 15) is 0 Å². The second kappa shape index (κ2) is 5.63. The number of phenols is 1. The van der Waals surface area contributed by atoms with Gasteiger partial charge in [0.05, 0.1) is 0 Å². The third kappa shape index (κ3) is 3.53. The number of phenolic OH excluding ortho intramolecular Hbond substituents is 1. The molecule has 1 heterocycles. The van der Waals surface area contributed by atoms with E-state index in [0.717, 1.165) is 10.5 Å². The average molecular weight is 286 g/mol. The van der Waals surface area contributed by atoms with Crippen LogP contribution in [0.4, 0.5) is 0 Å². The number of hydrogen-bond donors (Lipinski definition) is 1. The first-order valence-corrected chi connectivity index (χ1v) is 6.61. The summed E-state index contributed by atoms with van der Waals surface area (Å²) in [6.07, 6.45) is 1.68. The van der Waals surface area contributed by atoms with E-state index in [2.05, 4.69) is 4.98 Å². The molecule has 0 atom stereocenters. The normalized spacial score (nSPS) is 10.5. The fraction of sp³-hybridized carbons (Fsp3) is 0.0833. The average Bonchev–Trinajstić information content (AvgIpc) is 2.30. The van der Waals surface area contributed by atoms with E-state index < -0.39 is 0 Å². The number of halogens is 2. The molecule has 0 radical (unpaired) electrons. The lowest BCUT2D eigenvalue weighted by atomic mass is 10.3. The van der Waals surface area contributed by atoms with Gasteiger partial charge in [0.15, 0.2) is 0 Å². The first-order valence-electron chi connectivity index (χ1n) is 4.87. The van der Waals surface area contributed by atoms with Gasteiger partial charge in [0, 0.05) is 21.9 Å². The van der Waals surface area contributed by atoms with Gasteiger partial charge in [-0.1, -0.05) is 23.2 Å². The fourth-order valence-corrected chi connectivity index (χ4v) is 2.64. The Balaban J connectivity index is 2.04. The second-order valence-electron chi connectivity index (χ2n) is 3.38. The largest absolute Gasteiger partial charge is 0.508 e. The van der Waals surface area contributed by atoms with Crippen LogP contribution in [-0.4, -0.2) is 10.1 Å². The molecule has 17 heavy (non-hydrogen) atoms. The predicted octanol–water partition coefficient (Wildman–Crippen LogP) is 4.39. The van der Waals surface area contributed by atoms with Gasteiger partial charge in [0.1, 0.15) is 10.9 Å². The summed E-state index contributed by atoms with van der Waals surface area (Å²) in [5.74, 6) is 0.980. The van der Waals surface area contributed by atoms with Crippen molar-refractivity contribution in [3.05, 3.63) is 52.3 Å². The molecule has 2 aromatic rings. The third-order valence-electron chi connectivity index (χ3n) is 2.13. The first kappa shape index (κ1) is 12.6. The Kier molecular flexibility index (Phi) is 4.15. The maximum atomic E-state index is 9.16. The highest BCUT2D eigenvalue weighted by atomic mass is 35.5.